The Balaban J connectivity index is 2.19. The van der Waals surface area contributed by atoms with E-state index in [-0.39, 0.29) is 0 Å². The van der Waals surface area contributed by atoms with Crippen LogP contribution in [0.3, 0.4) is 0 Å². The molecule has 74 valence electrons. The number of rotatable bonds is 1. The molecule has 0 aliphatic carbocycles. The zero-order valence-electron chi connectivity index (χ0n) is 7.61. The van der Waals surface area contributed by atoms with Crippen molar-refractivity contribution in [1.29, 1.82) is 0 Å². The van der Waals surface area contributed by atoms with Crippen LogP contribution < -0.4 is 0 Å². The van der Waals surface area contributed by atoms with Gasteiger partial charge in [0.1, 0.15) is 5.52 Å². The molecule has 3 aromatic rings. The van der Waals surface area contributed by atoms with Crippen molar-refractivity contribution >= 4 is 38.4 Å². The Morgan fingerprint density at radius 2 is 2.00 bits per heavy atom. The second-order valence-electron chi connectivity index (χ2n) is 3.09. The topological polar surface area (TPSA) is 26.0 Å². The minimum atomic E-state index is 0.687. The molecule has 0 N–H and O–H groups in total. The number of para-hydroxylation sites is 2. The molecule has 0 aliphatic heterocycles. The average molecular weight is 280 g/mol. The third kappa shape index (κ3) is 1.60. The van der Waals surface area contributed by atoms with Crippen molar-refractivity contribution in [1.82, 2.24) is 4.98 Å². The zero-order valence-corrected chi connectivity index (χ0v) is 10.0. The summed E-state index contributed by atoms with van der Waals surface area (Å²) in [6.45, 7) is 0. The summed E-state index contributed by atoms with van der Waals surface area (Å²) < 4.78 is 6.73. The van der Waals surface area contributed by atoms with Gasteiger partial charge in [-0.15, -0.1) is 11.3 Å². The van der Waals surface area contributed by atoms with E-state index >= 15 is 0 Å². The van der Waals surface area contributed by atoms with E-state index in [2.05, 4.69) is 20.9 Å². The summed E-state index contributed by atoms with van der Waals surface area (Å²) in [6.07, 6.45) is 0. The lowest BCUT2D eigenvalue weighted by Gasteiger charge is -1.84. The molecule has 2 nitrogen and oxygen atoms in total. The molecule has 0 saturated heterocycles. The van der Waals surface area contributed by atoms with E-state index < -0.39 is 0 Å². The predicted octanol–water partition coefficient (Wildman–Crippen LogP) is 4.32. The number of nitrogens with zero attached hydrogens (tertiary/aromatic N) is 1. The summed E-state index contributed by atoms with van der Waals surface area (Å²) in [4.78, 5) is 5.46. The summed E-state index contributed by atoms with van der Waals surface area (Å²) in [5.74, 6) is 0.687. The molecule has 0 spiro atoms. The Labute approximate surface area is 98.7 Å². The summed E-state index contributed by atoms with van der Waals surface area (Å²) >= 11 is 5.04. The Morgan fingerprint density at radius 1 is 1.13 bits per heavy atom. The SMILES string of the molecule is Brc1ccc(-c2nc3ccccc3o2)s1. The second-order valence-corrected chi connectivity index (χ2v) is 5.55. The second kappa shape index (κ2) is 3.47. The van der Waals surface area contributed by atoms with Gasteiger partial charge in [0.05, 0.1) is 8.66 Å². The molecule has 4 heteroatoms. The third-order valence-corrected chi connectivity index (χ3v) is 3.69. The van der Waals surface area contributed by atoms with E-state index in [1.807, 2.05) is 36.4 Å². The van der Waals surface area contributed by atoms with Crippen LogP contribution in [-0.2, 0) is 0 Å². The van der Waals surface area contributed by atoms with Crippen LogP contribution in [0.2, 0.25) is 0 Å². The number of hydrogen-bond donors (Lipinski definition) is 0. The number of oxazole rings is 1. The van der Waals surface area contributed by atoms with Gasteiger partial charge in [-0.25, -0.2) is 4.98 Å². The van der Waals surface area contributed by atoms with Crippen molar-refractivity contribution in [2.75, 3.05) is 0 Å². The van der Waals surface area contributed by atoms with E-state index in [1.54, 1.807) is 11.3 Å². The summed E-state index contributed by atoms with van der Waals surface area (Å²) in [6, 6.07) is 11.8. The normalized spacial score (nSPS) is 11.0. The van der Waals surface area contributed by atoms with Crippen LogP contribution in [0, 0.1) is 0 Å². The highest BCUT2D eigenvalue weighted by molar-refractivity contribution is 9.11. The predicted molar refractivity (Wildman–Crippen MR) is 65.0 cm³/mol. The average Bonchev–Trinajstić information content (AvgIpc) is 2.82. The first-order valence-electron chi connectivity index (χ1n) is 4.44. The Morgan fingerprint density at radius 3 is 2.73 bits per heavy atom. The molecule has 0 fully saturated rings. The maximum absolute atomic E-state index is 5.65. The van der Waals surface area contributed by atoms with E-state index in [9.17, 15) is 0 Å². The van der Waals surface area contributed by atoms with Crippen molar-refractivity contribution in [2.24, 2.45) is 0 Å². The Hall–Kier alpha value is -1.13. The van der Waals surface area contributed by atoms with Gasteiger partial charge in [0.15, 0.2) is 5.58 Å². The maximum Gasteiger partial charge on any atom is 0.237 e. The molecular formula is C11H6BrNOS. The number of thiophene rings is 1. The van der Waals surface area contributed by atoms with E-state index in [4.69, 9.17) is 4.42 Å². The number of fused-ring (bicyclic) bond motifs is 1. The molecule has 0 amide bonds. The fraction of sp³-hybridized carbons (Fsp3) is 0. The van der Waals surface area contributed by atoms with Crippen molar-refractivity contribution < 1.29 is 4.42 Å². The number of halogens is 1. The summed E-state index contributed by atoms with van der Waals surface area (Å²) in [7, 11) is 0. The Kier molecular flexibility index (Phi) is 2.11. The van der Waals surface area contributed by atoms with Crippen molar-refractivity contribution in [3.63, 3.8) is 0 Å². The number of hydrogen-bond acceptors (Lipinski definition) is 3. The molecular weight excluding hydrogens is 274 g/mol. The van der Waals surface area contributed by atoms with E-state index in [1.165, 1.54) is 0 Å². The van der Waals surface area contributed by atoms with Gasteiger partial charge in [-0.3, -0.25) is 0 Å². The largest absolute Gasteiger partial charge is 0.435 e. The van der Waals surface area contributed by atoms with Gasteiger partial charge in [0, 0.05) is 0 Å². The lowest BCUT2D eigenvalue weighted by atomic mass is 10.3. The fourth-order valence-corrected chi connectivity index (χ4v) is 2.72. The zero-order chi connectivity index (χ0) is 10.3. The molecule has 0 aliphatic rings. The van der Waals surface area contributed by atoms with Gasteiger partial charge >= 0.3 is 0 Å². The van der Waals surface area contributed by atoms with Crippen molar-refractivity contribution in [3.05, 3.63) is 40.2 Å². The molecule has 0 radical (unpaired) electrons. The first-order valence-corrected chi connectivity index (χ1v) is 6.05. The minimum absolute atomic E-state index is 0.687. The van der Waals surface area contributed by atoms with Gasteiger partial charge in [0.2, 0.25) is 5.89 Å². The van der Waals surface area contributed by atoms with E-state index in [0.29, 0.717) is 5.89 Å². The van der Waals surface area contributed by atoms with Crippen LogP contribution in [0.25, 0.3) is 21.9 Å². The quantitative estimate of drug-likeness (QED) is 0.663. The van der Waals surface area contributed by atoms with Gasteiger partial charge in [-0.1, -0.05) is 12.1 Å². The molecule has 0 bridgehead atoms. The minimum Gasteiger partial charge on any atom is -0.435 e. The lowest BCUT2D eigenvalue weighted by molar-refractivity contribution is 0.621. The molecule has 2 aromatic heterocycles. The molecule has 15 heavy (non-hydrogen) atoms. The standard InChI is InChI=1S/C11H6BrNOS/c12-10-6-5-9(15-10)11-13-7-3-1-2-4-8(7)14-11/h1-6H. The molecule has 2 heterocycles. The molecule has 3 rings (SSSR count). The van der Waals surface area contributed by atoms with E-state index in [0.717, 1.165) is 19.8 Å². The Bertz CT molecular complexity index is 581. The third-order valence-electron chi connectivity index (χ3n) is 2.08. The van der Waals surface area contributed by atoms with Gasteiger partial charge in [-0.2, -0.15) is 0 Å². The van der Waals surface area contributed by atoms with Gasteiger partial charge in [0.25, 0.3) is 0 Å². The number of benzene rings is 1. The smallest absolute Gasteiger partial charge is 0.237 e. The molecule has 0 atom stereocenters. The summed E-state index contributed by atoms with van der Waals surface area (Å²) in [5, 5.41) is 0. The molecule has 1 aromatic carbocycles. The number of aromatic nitrogens is 1. The van der Waals surface area contributed by atoms with Crippen LogP contribution in [0.15, 0.2) is 44.6 Å². The monoisotopic (exact) mass is 279 g/mol. The van der Waals surface area contributed by atoms with Crippen LogP contribution in [0.4, 0.5) is 0 Å². The van der Waals surface area contributed by atoms with Gasteiger partial charge < -0.3 is 4.42 Å². The summed E-state index contributed by atoms with van der Waals surface area (Å²) in [5.41, 5.74) is 1.73. The highest BCUT2D eigenvalue weighted by atomic mass is 79.9. The van der Waals surface area contributed by atoms with Crippen LogP contribution in [0.5, 0.6) is 0 Å². The molecule has 0 unspecified atom stereocenters. The van der Waals surface area contributed by atoms with Crippen LogP contribution in [-0.4, -0.2) is 4.98 Å². The fourth-order valence-electron chi connectivity index (χ4n) is 1.41. The van der Waals surface area contributed by atoms with Crippen molar-refractivity contribution in [3.8, 4) is 10.8 Å². The maximum atomic E-state index is 5.65. The van der Waals surface area contributed by atoms with Crippen LogP contribution >= 0.6 is 27.3 Å². The molecule has 0 saturated carbocycles. The highest BCUT2D eigenvalue weighted by Gasteiger charge is 2.09. The first kappa shape index (κ1) is 9.12. The van der Waals surface area contributed by atoms with Gasteiger partial charge in [-0.05, 0) is 40.2 Å². The van der Waals surface area contributed by atoms with Crippen LogP contribution in [0.1, 0.15) is 0 Å². The first-order chi connectivity index (χ1) is 7.33. The highest BCUT2D eigenvalue weighted by Crippen LogP contribution is 2.32. The lowest BCUT2D eigenvalue weighted by Crippen LogP contribution is -1.68. The van der Waals surface area contributed by atoms with Crippen molar-refractivity contribution in [2.45, 2.75) is 0 Å².